The molecular weight excluding hydrogens is 416 g/mol. The van der Waals surface area contributed by atoms with Crippen molar-refractivity contribution in [1.82, 2.24) is 0 Å². The molecule has 0 N–H and O–H groups in total. The summed E-state index contributed by atoms with van der Waals surface area (Å²) >= 11 is 3.49. The van der Waals surface area contributed by atoms with Crippen molar-refractivity contribution in [3.8, 4) is 11.5 Å². The second-order valence-electron chi connectivity index (χ2n) is 6.35. The summed E-state index contributed by atoms with van der Waals surface area (Å²) in [6.07, 6.45) is 3.55. The molecule has 138 valence electrons. The Morgan fingerprint density at radius 3 is 2.57 bits per heavy atom. The number of ether oxygens (including phenoxy) is 2. The van der Waals surface area contributed by atoms with Crippen molar-refractivity contribution in [1.29, 1.82) is 0 Å². The van der Waals surface area contributed by atoms with E-state index in [1.807, 2.05) is 48.5 Å². The monoisotopic (exact) mass is 432 g/mol. The topological polar surface area (TPSA) is 35.5 Å². The van der Waals surface area contributed by atoms with Crippen LogP contribution in [0.25, 0.3) is 12.2 Å². The van der Waals surface area contributed by atoms with Crippen LogP contribution in [0.15, 0.2) is 83.5 Å². The Kier molecular flexibility index (Phi) is 5.13. The highest BCUT2D eigenvalue weighted by Crippen LogP contribution is 2.35. The molecule has 3 nitrogen and oxygen atoms in total. The molecule has 0 amide bonds. The number of ketones is 1. The van der Waals surface area contributed by atoms with Crippen LogP contribution in [0.2, 0.25) is 0 Å². The third-order valence-electron chi connectivity index (χ3n) is 4.45. The van der Waals surface area contributed by atoms with Crippen molar-refractivity contribution in [2.45, 2.75) is 6.61 Å². The van der Waals surface area contributed by atoms with Gasteiger partial charge in [0, 0.05) is 10.5 Å². The number of fused-ring (bicyclic) bond motifs is 1. The summed E-state index contributed by atoms with van der Waals surface area (Å²) < 4.78 is 12.6. The molecule has 0 radical (unpaired) electrons. The maximum absolute atomic E-state index is 12.6. The van der Waals surface area contributed by atoms with Crippen LogP contribution in [0.1, 0.15) is 27.0 Å². The van der Waals surface area contributed by atoms with Gasteiger partial charge in [0.2, 0.25) is 5.78 Å². The number of allylic oxidation sites excluding steroid dienone is 1. The first-order chi connectivity index (χ1) is 13.6. The van der Waals surface area contributed by atoms with E-state index in [0.29, 0.717) is 29.4 Å². The van der Waals surface area contributed by atoms with Crippen molar-refractivity contribution in [3.05, 3.63) is 106 Å². The van der Waals surface area contributed by atoms with Gasteiger partial charge in [0.15, 0.2) is 5.76 Å². The van der Waals surface area contributed by atoms with Gasteiger partial charge < -0.3 is 9.47 Å². The van der Waals surface area contributed by atoms with Crippen LogP contribution >= 0.6 is 15.9 Å². The van der Waals surface area contributed by atoms with Crippen LogP contribution in [-0.2, 0) is 6.61 Å². The second kappa shape index (κ2) is 7.87. The standard InChI is InChI=1S/C24H17BrO3/c1-2-16-7-9-17(10-8-16)15-27-19-11-12-20-22(14-19)28-23(24(20)26)13-18-5-3-4-6-21(18)25/h2-14H,1,15H2/b23-13-. The highest BCUT2D eigenvalue weighted by Gasteiger charge is 2.27. The molecule has 0 saturated heterocycles. The number of benzene rings is 3. The number of carbonyl (C=O) groups excluding carboxylic acids is 1. The molecule has 0 fully saturated rings. The first-order valence-electron chi connectivity index (χ1n) is 8.81. The number of hydrogen-bond acceptors (Lipinski definition) is 3. The molecule has 3 aromatic rings. The summed E-state index contributed by atoms with van der Waals surface area (Å²) in [6, 6.07) is 21.0. The highest BCUT2D eigenvalue weighted by molar-refractivity contribution is 9.10. The minimum atomic E-state index is -0.127. The molecule has 0 bridgehead atoms. The van der Waals surface area contributed by atoms with Gasteiger partial charge in [-0.05, 0) is 41.0 Å². The molecule has 1 heterocycles. The lowest BCUT2D eigenvalue weighted by molar-refractivity contribution is 0.101. The predicted molar refractivity (Wildman–Crippen MR) is 114 cm³/mol. The van der Waals surface area contributed by atoms with Gasteiger partial charge in [0.1, 0.15) is 18.1 Å². The van der Waals surface area contributed by atoms with Crippen LogP contribution < -0.4 is 9.47 Å². The van der Waals surface area contributed by atoms with Crippen molar-refractivity contribution < 1.29 is 14.3 Å². The molecule has 0 aliphatic carbocycles. The van der Waals surface area contributed by atoms with E-state index in [1.54, 1.807) is 30.4 Å². The van der Waals surface area contributed by atoms with Crippen molar-refractivity contribution >= 4 is 33.9 Å². The van der Waals surface area contributed by atoms with Gasteiger partial charge in [-0.25, -0.2) is 0 Å². The summed E-state index contributed by atoms with van der Waals surface area (Å²) in [5.41, 5.74) is 3.55. The number of Topliss-reactive ketones (excluding diaryl/α,β-unsaturated/α-hetero) is 1. The van der Waals surface area contributed by atoms with Gasteiger partial charge >= 0.3 is 0 Å². The minimum absolute atomic E-state index is 0.127. The van der Waals surface area contributed by atoms with Crippen molar-refractivity contribution in [2.75, 3.05) is 0 Å². The predicted octanol–water partition coefficient (Wildman–Crippen LogP) is 6.29. The zero-order valence-electron chi connectivity index (χ0n) is 15.0. The van der Waals surface area contributed by atoms with E-state index in [9.17, 15) is 4.79 Å². The number of hydrogen-bond donors (Lipinski definition) is 0. The van der Waals surface area contributed by atoms with Crippen LogP contribution in [0.5, 0.6) is 11.5 Å². The third-order valence-corrected chi connectivity index (χ3v) is 5.18. The van der Waals surface area contributed by atoms with E-state index in [0.717, 1.165) is 21.2 Å². The van der Waals surface area contributed by atoms with Gasteiger partial charge in [-0.2, -0.15) is 0 Å². The lowest BCUT2D eigenvalue weighted by atomic mass is 10.1. The van der Waals surface area contributed by atoms with Gasteiger partial charge in [0.05, 0.1) is 5.56 Å². The number of carbonyl (C=O) groups is 1. The smallest absolute Gasteiger partial charge is 0.231 e. The van der Waals surface area contributed by atoms with E-state index in [-0.39, 0.29) is 5.78 Å². The van der Waals surface area contributed by atoms with E-state index >= 15 is 0 Å². The molecule has 1 aliphatic heterocycles. The molecule has 4 rings (SSSR count). The molecule has 0 atom stereocenters. The average Bonchev–Trinajstić information content (AvgIpc) is 3.03. The molecule has 0 aromatic heterocycles. The first kappa shape index (κ1) is 18.3. The van der Waals surface area contributed by atoms with Crippen LogP contribution in [0.4, 0.5) is 0 Å². The summed E-state index contributed by atoms with van der Waals surface area (Å²) in [7, 11) is 0. The Bertz CT molecular complexity index is 1080. The molecular formula is C24H17BrO3. The SMILES string of the molecule is C=Cc1ccc(COc2ccc3c(c2)O/C(=C\c2ccccc2Br)C3=O)cc1. The average molecular weight is 433 g/mol. The Labute approximate surface area is 172 Å². The normalized spacial score (nSPS) is 13.9. The fourth-order valence-corrected chi connectivity index (χ4v) is 3.31. The fourth-order valence-electron chi connectivity index (χ4n) is 2.91. The zero-order valence-corrected chi connectivity index (χ0v) is 16.6. The van der Waals surface area contributed by atoms with E-state index in [1.165, 1.54) is 0 Å². The van der Waals surface area contributed by atoms with Crippen molar-refractivity contribution in [3.63, 3.8) is 0 Å². The summed E-state index contributed by atoms with van der Waals surface area (Å²) in [6.45, 7) is 4.19. The largest absolute Gasteiger partial charge is 0.489 e. The number of rotatable bonds is 5. The number of halogens is 1. The van der Waals surface area contributed by atoms with E-state index in [2.05, 4.69) is 22.5 Å². The maximum atomic E-state index is 12.6. The highest BCUT2D eigenvalue weighted by atomic mass is 79.9. The fraction of sp³-hybridized carbons (Fsp3) is 0.0417. The summed E-state index contributed by atoms with van der Waals surface area (Å²) in [5, 5.41) is 0. The van der Waals surface area contributed by atoms with Crippen LogP contribution in [-0.4, -0.2) is 5.78 Å². The first-order valence-corrected chi connectivity index (χ1v) is 9.60. The minimum Gasteiger partial charge on any atom is -0.489 e. The van der Waals surface area contributed by atoms with Crippen LogP contribution in [0, 0.1) is 0 Å². The Morgan fingerprint density at radius 2 is 1.82 bits per heavy atom. The zero-order chi connectivity index (χ0) is 19.5. The van der Waals surface area contributed by atoms with E-state index in [4.69, 9.17) is 9.47 Å². The molecule has 0 unspecified atom stereocenters. The maximum Gasteiger partial charge on any atom is 0.231 e. The van der Waals surface area contributed by atoms with Crippen LogP contribution in [0.3, 0.4) is 0 Å². The van der Waals surface area contributed by atoms with Gasteiger partial charge in [-0.3, -0.25) is 4.79 Å². The third kappa shape index (κ3) is 3.78. The molecule has 1 aliphatic rings. The quantitative estimate of drug-likeness (QED) is 0.444. The second-order valence-corrected chi connectivity index (χ2v) is 7.21. The Hall–Kier alpha value is -3.11. The molecule has 4 heteroatoms. The lowest BCUT2D eigenvalue weighted by Gasteiger charge is -2.07. The van der Waals surface area contributed by atoms with Gasteiger partial charge in [-0.15, -0.1) is 0 Å². The van der Waals surface area contributed by atoms with E-state index < -0.39 is 0 Å². The lowest BCUT2D eigenvalue weighted by Crippen LogP contribution is -1.98. The summed E-state index contributed by atoms with van der Waals surface area (Å²) in [4.78, 5) is 12.6. The molecule has 0 spiro atoms. The van der Waals surface area contributed by atoms with Gasteiger partial charge in [0.25, 0.3) is 0 Å². The Balaban J connectivity index is 1.50. The molecule has 3 aromatic carbocycles. The Morgan fingerprint density at radius 1 is 1.04 bits per heavy atom. The van der Waals surface area contributed by atoms with Crippen molar-refractivity contribution in [2.24, 2.45) is 0 Å². The summed E-state index contributed by atoms with van der Waals surface area (Å²) in [5.74, 6) is 1.35. The molecule has 0 saturated carbocycles. The molecule has 28 heavy (non-hydrogen) atoms. The van der Waals surface area contributed by atoms with Gasteiger partial charge in [-0.1, -0.05) is 71.0 Å².